The van der Waals surface area contributed by atoms with Crippen LogP contribution in [0.1, 0.15) is 44.1 Å². The largest absolute Gasteiger partial charge is 0.373 e. The van der Waals surface area contributed by atoms with Crippen molar-refractivity contribution in [3.8, 4) is 0 Å². The third kappa shape index (κ3) is 4.07. The van der Waals surface area contributed by atoms with Gasteiger partial charge in [-0.1, -0.05) is 25.7 Å². The average molecular weight is 280 g/mol. The maximum atomic E-state index is 11.9. The predicted octanol–water partition coefficient (Wildman–Crippen LogP) is 1.59. The van der Waals surface area contributed by atoms with Crippen LogP contribution < -0.4 is 11.2 Å². The molecule has 0 amide bonds. The Labute approximate surface area is 119 Å². The van der Waals surface area contributed by atoms with E-state index in [1.807, 2.05) is 0 Å². The highest BCUT2D eigenvalue weighted by atomic mass is 16.6. The number of unbranched alkanes of at least 4 members (excludes halogenated alkanes) is 4. The van der Waals surface area contributed by atoms with Gasteiger partial charge < -0.3 is 9.30 Å². The van der Waals surface area contributed by atoms with Crippen LogP contribution in [0.2, 0.25) is 0 Å². The summed E-state index contributed by atoms with van der Waals surface area (Å²) in [6, 6.07) is 0. The molecule has 1 saturated heterocycles. The van der Waals surface area contributed by atoms with Crippen molar-refractivity contribution < 1.29 is 4.74 Å². The molecule has 1 aromatic rings. The molecule has 5 heteroatoms. The van der Waals surface area contributed by atoms with Gasteiger partial charge in [0.15, 0.2) is 0 Å². The molecule has 0 saturated carbocycles. The van der Waals surface area contributed by atoms with Gasteiger partial charge in [-0.25, -0.2) is 4.79 Å². The monoisotopic (exact) mass is 280 g/mol. The van der Waals surface area contributed by atoms with Crippen LogP contribution in [0.4, 0.5) is 0 Å². The van der Waals surface area contributed by atoms with Crippen LogP contribution in [0.3, 0.4) is 0 Å². The minimum absolute atomic E-state index is 0.154. The molecule has 1 aliphatic rings. The first-order valence-electron chi connectivity index (χ1n) is 7.48. The van der Waals surface area contributed by atoms with Gasteiger partial charge in [0.2, 0.25) is 0 Å². The molecule has 2 rings (SSSR count). The summed E-state index contributed by atoms with van der Waals surface area (Å²) in [5.41, 5.74) is 0.252. The van der Waals surface area contributed by atoms with E-state index in [-0.39, 0.29) is 11.2 Å². The quantitative estimate of drug-likeness (QED) is 0.537. The maximum absolute atomic E-state index is 11.9. The van der Waals surface area contributed by atoms with Crippen molar-refractivity contribution in [2.24, 2.45) is 7.05 Å². The van der Waals surface area contributed by atoms with Crippen LogP contribution >= 0.6 is 0 Å². The van der Waals surface area contributed by atoms with E-state index < -0.39 is 0 Å². The molecule has 0 radical (unpaired) electrons. The Bertz CT molecular complexity index is 521. The number of ether oxygens (including phenoxy) is 1. The highest BCUT2D eigenvalue weighted by Crippen LogP contribution is 2.17. The predicted molar refractivity (Wildman–Crippen MR) is 78.1 cm³/mol. The summed E-state index contributed by atoms with van der Waals surface area (Å²) in [5.74, 6) is 0. The number of hydrogen-bond donors (Lipinski definition) is 0. The van der Waals surface area contributed by atoms with Gasteiger partial charge in [0.1, 0.15) is 0 Å². The van der Waals surface area contributed by atoms with E-state index in [0.717, 1.165) is 25.9 Å². The molecule has 0 N–H and O–H groups in total. The minimum atomic E-state index is -0.216. The lowest BCUT2D eigenvalue weighted by Crippen LogP contribution is -2.39. The lowest BCUT2D eigenvalue weighted by atomic mass is 10.1. The van der Waals surface area contributed by atoms with Crippen molar-refractivity contribution in [2.75, 3.05) is 6.61 Å². The zero-order valence-corrected chi connectivity index (χ0v) is 12.4. The van der Waals surface area contributed by atoms with Gasteiger partial charge in [-0.2, -0.15) is 0 Å². The summed E-state index contributed by atoms with van der Waals surface area (Å²) in [5, 5.41) is 0. The van der Waals surface area contributed by atoms with Crippen LogP contribution in [-0.4, -0.2) is 21.8 Å². The average Bonchev–Trinajstić information content (AvgIpc) is 3.23. The fourth-order valence-electron chi connectivity index (χ4n) is 2.50. The van der Waals surface area contributed by atoms with Crippen LogP contribution in [0.25, 0.3) is 0 Å². The Hall–Kier alpha value is -1.36. The summed E-state index contributed by atoms with van der Waals surface area (Å²) in [6.45, 7) is 3.22. The molecule has 2 heterocycles. The molecule has 0 spiro atoms. The van der Waals surface area contributed by atoms with Crippen LogP contribution in [-0.2, 0) is 18.3 Å². The van der Waals surface area contributed by atoms with Gasteiger partial charge in [0.25, 0.3) is 5.56 Å². The van der Waals surface area contributed by atoms with Gasteiger partial charge in [0.05, 0.1) is 12.7 Å². The molecule has 1 unspecified atom stereocenters. The molecule has 20 heavy (non-hydrogen) atoms. The SMILES string of the molecule is Cc1cn(C)c(=O)n(CCCCCCCC2CO2)c1=O. The molecule has 0 aromatic carbocycles. The van der Waals surface area contributed by atoms with Crippen molar-refractivity contribution in [1.82, 2.24) is 9.13 Å². The molecule has 0 bridgehead atoms. The summed E-state index contributed by atoms with van der Waals surface area (Å²) < 4.78 is 8.00. The molecule has 1 aliphatic heterocycles. The van der Waals surface area contributed by atoms with Gasteiger partial charge in [0, 0.05) is 25.4 Å². The molecule has 1 fully saturated rings. The Morgan fingerprint density at radius 1 is 1.20 bits per heavy atom. The minimum Gasteiger partial charge on any atom is -0.373 e. The maximum Gasteiger partial charge on any atom is 0.330 e. The van der Waals surface area contributed by atoms with E-state index in [4.69, 9.17) is 4.74 Å². The molecule has 1 atom stereocenters. The van der Waals surface area contributed by atoms with E-state index >= 15 is 0 Å². The second-order valence-electron chi connectivity index (χ2n) is 5.67. The zero-order valence-electron chi connectivity index (χ0n) is 12.4. The van der Waals surface area contributed by atoms with Crippen molar-refractivity contribution in [3.05, 3.63) is 32.6 Å². The molecule has 5 nitrogen and oxygen atoms in total. The Morgan fingerprint density at radius 3 is 2.55 bits per heavy atom. The number of aromatic nitrogens is 2. The van der Waals surface area contributed by atoms with Crippen molar-refractivity contribution in [1.29, 1.82) is 0 Å². The third-order valence-corrected chi connectivity index (χ3v) is 3.81. The first-order chi connectivity index (χ1) is 9.59. The summed E-state index contributed by atoms with van der Waals surface area (Å²) in [7, 11) is 1.69. The van der Waals surface area contributed by atoms with Crippen LogP contribution in [0.5, 0.6) is 0 Å². The van der Waals surface area contributed by atoms with Crippen molar-refractivity contribution in [3.63, 3.8) is 0 Å². The lowest BCUT2D eigenvalue weighted by molar-refractivity contribution is 0.387. The number of epoxide rings is 1. The normalized spacial score (nSPS) is 17.4. The van der Waals surface area contributed by atoms with E-state index in [9.17, 15) is 9.59 Å². The van der Waals surface area contributed by atoms with Crippen LogP contribution in [0.15, 0.2) is 15.8 Å². The molecule has 112 valence electrons. The van der Waals surface area contributed by atoms with Crippen molar-refractivity contribution in [2.45, 2.75) is 58.1 Å². The summed E-state index contributed by atoms with van der Waals surface area (Å²) in [4.78, 5) is 23.8. The lowest BCUT2D eigenvalue weighted by Gasteiger charge is -2.08. The van der Waals surface area contributed by atoms with E-state index in [0.29, 0.717) is 18.2 Å². The second-order valence-corrected chi connectivity index (χ2v) is 5.67. The Balaban J connectivity index is 1.73. The summed E-state index contributed by atoms with van der Waals surface area (Å²) in [6.07, 6.45) is 8.85. The molecule has 1 aromatic heterocycles. The number of hydrogen-bond acceptors (Lipinski definition) is 3. The number of rotatable bonds is 8. The van der Waals surface area contributed by atoms with Gasteiger partial charge in [-0.05, 0) is 19.8 Å². The third-order valence-electron chi connectivity index (χ3n) is 3.81. The molecular formula is C15H24N2O3. The van der Waals surface area contributed by atoms with E-state index in [1.165, 1.54) is 28.4 Å². The first-order valence-corrected chi connectivity index (χ1v) is 7.48. The fraction of sp³-hybridized carbons (Fsp3) is 0.733. The van der Waals surface area contributed by atoms with Crippen molar-refractivity contribution >= 4 is 0 Å². The second kappa shape index (κ2) is 6.88. The molecule has 0 aliphatic carbocycles. The molecular weight excluding hydrogens is 256 g/mol. The Kier molecular flexibility index (Phi) is 5.17. The standard InChI is InChI=1S/C15H24N2O3/c1-12-10-16(2)15(19)17(14(12)18)9-7-5-3-4-6-8-13-11-20-13/h10,13H,3-9,11H2,1-2H3. The van der Waals surface area contributed by atoms with E-state index in [2.05, 4.69) is 0 Å². The summed E-state index contributed by atoms with van der Waals surface area (Å²) >= 11 is 0. The van der Waals surface area contributed by atoms with E-state index in [1.54, 1.807) is 20.2 Å². The first kappa shape index (κ1) is 15.0. The topological polar surface area (TPSA) is 56.5 Å². The fourth-order valence-corrected chi connectivity index (χ4v) is 2.50. The van der Waals surface area contributed by atoms with Gasteiger partial charge in [-0.3, -0.25) is 9.36 Å². The number of nitrogens with zero attached hydrogens (tertiary/aromatic N) is 2. The smallest absolute Gasteiger partial charge is 0.330 e. The highest BCUT2D eigenvalue weighted by Gasteiger charge is 2.20. The zero-order chi connectivity index (χ0) is 14.5. The van der Waals surface area contributed by atoms with Gasteiger partial charge in [-0.15, -0.1) is 0 Å². The Morgan fingerprint density at radius 2 is 1.85 bits per heavy atom. The van der Waals surface area contributed by atoms with Crippen LogP contribution in [0, 0.1) is 6.92 Å². The highest BCUT2D eigenvalue weighted by molar-refractivity contribution is 5.02. The number of aryl methyl sites for hydroxylation is 2. The van der Waals surface area contributed by atoms with Gasteiger partial charge >= 0.3 is 5.69 Å².